The van der Waals surface area contributed by atoms with Crippen LogP contribution < -0.4 is 5.32 Å². The van der Waals surface area contributed by atoms with Crippen molar-refractivity contribution in [1.82, 2.24) is 5.32 Å². The van der Waals surface area contributed by atoms with Crippen LogP contribution in [0.1, 0.15) is 19.3 Å². The van der Waals surface area contributed by atoms with Gasteiger partial charge in [0.15, 0.2) is 0 Å². The van der Waals surface area contributed by atoms with E-state index in [-0.39, 0.29) is 6.61 Å². The van der Waals surface area contributed by atoms with Crippen LogP contribution in [0.15, 0.2) is 0 Å². The van der Waals surface area contributed by atoms with Gasteiger partial charge in [0.1, 0.15) is 0 Å². The van der Waals surface area contributed by atoms with Gasteiger partial charge >= 0.3 is 0 Å². The Labute approximate surface area is 73.1 Å². The van der Waals surface area contributed by atoms with Crippen LogP contribution in [-0.4, -0.2) is 37.0 Å². The third-order valence-electron chi connectivity index (χ3n) is 2.74. The molecule has 2 rings (SSSR count). The Morgan fingerprint density at radius 2 is 2.17 bits per heavy atom. The molecule has 0 aromatic heterocycles. The van der Waals surface area contributed by atoms with E-state index >= 15 is 0 Å². The fourth-order valence-electron chi connectivity index (χ4n) is 1.75. The molecule has 1 saturated carbocycles. The van der Waals surface area contributed by atoms with Gasteiger partial charge in [0.05, 0.1) is 6.61 Å². The minimum absolute atomic E-state index is 0.254. The molecule has 2 N–H and O–H groups in total. The molecule has 2 aliphatic rings. The summed E-state index contributed by atoms with van der Waals surface area (Å²) in [6.07, 6.45) is 3.69. The molecule has 3 heteroatoms. The smallest absolute Gasteiger partial charge is 0.0531 e. The minimum Gasteiger partial charge on any atom is -0.396 e. The summed E-state index contributed by atoms with van der Waals surface area (Å²) in [5.41, 5.74) is 0. The summed E-state index contributed by atoms with van der Waals surface area (Å²) in [5.74, 6) is 0.319. The maximum Gasteiger partial charge on any atom is 0.0531 e. The topological polar surface area (TPSA) is 41.5 Å². The summed E-state index contributed by atoms with van der Waals surface area (Å²) >= 11 is 0. The highest BCUT2D eigenvalue weighted by molar-refractivity contribution is 4.88. The number of aliphatic hydroxyl groups is 1. The fourth-order valence-corrected chi connectivity index (χ4v) is 1.75. The zero-order valence-electron chi connectivity index (χ0n) is 7.33. The van der Waals surface area contributed by atoms with E-state index in [1.54, 1.807) is 0 Å². The molecule has 0 spiro atoms. The highest BCUT2D eigenvalue weighted by atomic mass is 16.5. The van der Waals surface area contributed by atoms with Crippen LogP contribution in [0.25, 0.3) is 0 Å². The van der Waals surface area contributed by atoms with Gasteiger partial charge in [-0.3, -0.25) is 0 Å². The molecule has 1 aliphatic carbocycles. The highest BCUT2D eigenvalue weighted by Gasteiger charge is 2.30. The van der Waals surface area contributed by atoms with Gasteiger partial charge in [-0.05, 0) is 19.3 Å². The number of rotatable bonds is 3. The summed E-state index contributed by atoms with van der Waals surface area (Å²) in [4.78, 5) is 0. The third kappa shape index (κ3) is 1.97. The second kappa shape index (κ2) is 3.73. The van der Waals surface area contributed by atoms with E-state index < -0.39 is 0 Å². The molecule has 2 unspecified atom stereocenters. The normalized spacial score (nSPS) is 36.8. The minimum atomic E-state index is 0.254. The van der Waals surface area contributed by atoms with Crippen molar-refractivity contribution in [2.75, 3.05) is 19.8 Å². The van der Waals surface area contributed by atoms with Crippen LogP contribution >= 0.6 is 0 Å². The van der Waals surface area contributed by atoms with Crippen molar-refractivity contribution in [2.24, 2.45) is 5.92 Å². The number of hydrogen-bond donors (Lipinski definition) is 2. The quantitative estimate of drug-likeness (QED) is 0.634. The SMILES string of the molecule is OCC1COCCC1NC1CC1. The molecule has 1 heterocycles. The van der Waals surface area contributed by atoms with E-state index in [0.717, 1.165) is 25.7 Å². The monoisotopic (exact) mass is 171 g/mol. The molecular weight excluding hydrogens is 154 g/mol. The second-order valence-corrected chi connectivity index (χ2v) is 3.85. The van der Waals surface area contributed by atoms with Crippen LogP contribution in [0.5, 0.6) is 0 Å². The molecule has 0 aromatic rings. The van der Waals surface area contributed by atoms with Crippen LogP contribution in [0, 0.1) is 5.92 Å². The van der Waals surface area contributed by atoms with Crippen LogP contribution in [0.3, 0.4) is 0 Å². The van der Waals surface area contributed by atoms with Crippen molar-refractivity contribution >= 4 is 0 Å². The van der Waals surface area contributed by atoms with Crippen molar-refractivity contribution in [1.29, 1.82) is 0 Å². The number of aliphatic hydroxyl groups excluding tert-OH is 1. The maximum atomic E-state index is 9.07. The predicted octanol–water partition coefficient (Wildman–Crippen LogP) is 0.136. The Morgan fingerprint density at radius 1 is 1.33 bits per heavy atom. The van der Waals surface area contributed by atoms with E-state index in [2.05, 4.69) is 5.32 Å². The molecule has 2 fully saturated rings. The summed E-state index contributed by atoms with van der Waals surface area (Å²) in [6, 6.07) is 1.23. The third-order valence-corrected chi connectivity index (χ3v) is 2.74. The van der Waals surface area contributed by atoms with E-state index in [1.807, 2.05) is 0 Å². The van der Waals surface area contributed by atoms with E-state index in [0.29, 0.717) is 12.0 Å². The average Bonchev–Trinajstić information content (AvgIpc) is 2.89. The second-order valence-electron chi connectivity index (χ2n) is 3.85. The van der Waals surface area contributed by atoms with E-state index in [9.17, 15) is 0 Å². The van der Waals surface area contributed by atoms with Crippen LogP contribution in [-0.2, 0) is 4.74 Å². The first-order chi connectivity index (χ1) is 5.90. The van der Waals surface area contributed by atoms with Crippen LogP contribution in [0.4, 0.5) is 0 Å². The summed E-state index contributed by atoms with van der Waals surface area (Å²) < 4.78 is 5.31. The molecular formula is C9H17NO2. The van der Waals surface area contributed by atoms with Crippen molar-refractivity contribution in [3.63, 3.8) is 0 Å². The Morgan fingerprint density at radius 3 is 2.83 bits per heavy atom. The molecule has 1 aliphatic heterocycles. The zero-order valence-corrected chi connectivity index (χ0v) is 7.33. The fraction of sp³-hybridized carbons (Fsp3) is 1.00. The van der Waals surface area contributed by atoms with E-state index in [1.165, 1.54) is 12.8 Å². The van der Waals surface area contributed by atoms with Gasteiger partial charge in [-0.25, -0.2) is 0 Å². The lowest BCUT2D eigenvalue weighted by Crippen LogP contribution is -2.45. The standard InChI is InChI=1S/C9H17NO2/c11-5-7-6-12-4-3-9(7)10-8-1-2-8/h7-11H,1-6H2. The van der Waals surface area contributed by atoms with Crippen molar-refractivity contribution in [3.05, 3.63) is 0 Å². The van der Waals surface area contributed by atoms with Gasteiger partial charge in [-0.2, -0.15) is 0 Å². The average molecular weight is 171 g/mol. The number of ether oxygens (including phenoxy) is 1. The van der Waals surface area contributed by atoms with Gasteiger partial charge in [0.2, 0.25) is 0 Å². The van der Waals surface area contributed by atoms with Crippen molar-refractivity contribution < 1.29 is 9.84 Å². The predicted molar refractivity (Wildman–Crippen MR) is 46.0 cm³/mol. The molecule has 1 saturated heterocycles. The summed E-state index contributed by atoms with van der Waals surface area (Å²) in [5, 5.41) is 12.6. The Balaban J connectivity index is 1.81. The number of nitrogens with one attached hydrogen (secondary N) is 1. The lowest BCUT2D eigenvalue weighted by molar-refractivity contribution is 0.00789. The Kier molecular flexibility index (Phi) is 2.63. The van der Waals surface area contributed by atoms with Crippen molar-refractivity contribution in [2.45, 2.75) is 31.3 Å². The lowest BCUT2D eigenvalue weighted by Gasteiger charge is -2.31. The Bertz CT molecular complexity index is 147. The van der Waals surface area contributed by atoms with Gasteiger partial charge in [-0.15, -0.1) is 0 Å². The first-order valence-electron chi connectivity index (χ1n) is 4.85. The van der Waals surface area contributed by atoms with Crippen LogP contribution in [0.2, 0.25) is 0 Å². The molecule has 3 nitrogen and oxygen atoms in total. The summed E-state index contributed by atoms with van der Waals surface area (Å²) in [7, 11) is 0. The Hall–Kier alpha value is -0.120. The number of hydrogen-bond acceptors (Lipinski definition) is 3. The molecule has 0 amide bonds. The maximum absolute atomic E-state index is 9.07. The first-order valence-corrected chi connectivity index (χ1v) is 4.85. The summed E-state index contributed by atoms with van der Waals surface area (Å²) in [6.45, 7) is 1.83. The molecule has 0 aromatic carbocycles. The molecule has 12 heavy (non-hydrogen) atoms. The first kappa shape index (κ1) is 8.48. The largest absolute Gasteiger partial charge is 0.396 e. The molecule has 0 radical (unpaired) electrons. The van der Waals surface area contributed by atoms with Gasteiger partial charge in [0.25, 0.3) is 0 Å². The van der Waals surface area contributed by atoms with Gasteiger partial charge < -0.3 is 15.2 Å². The van der Waals surface area contributed by atoms with Gasteiger partial charge in [0, 0.05) is 31.2 Å². The zero-order chi connectivity index (χ0) is 8.39. The van der Waals surface area contributed by atoms with Crippen molar-refractivity contribution in [3.8, 4) is 0 Å². The molecule has 70 valence electrons. The highest BCUT2D eigenvalue weighted by Crippen LogP contribution is 2.23. The molecule has 2 atom stereocenters. The van der Waals surface area contributed by atoms with E-state index in [4.69, 9.17) is 9.84 Å². The van der Waals surface area contributed by atoms with Gasteiger partial charge in [-0.1, -0.05) is 0 Å². The molecule has 0 bridgehead atoms. The lowest BCUT2D eigenvalue weighted by atomic mass is 9.96.